The van der Waals surface area contributed by atoms with E-state index in [1.807, 2.05) is 6.20 Å². The molecule has 1 aliphatic rings. The summed E-state index contributed by atoms with van der Waals surface area (Å²) in [5.74, 6) is 1.17. The Morgan fingerprint density at radius 2 is 2.18 bits per heavy atom. The van der Waals surface area contributed by atoms with Gasteiger partial charge in [-0.25, -0.2) is 4.98 Å². The predicted molar refractivity (Wildman–Crippen MR) is 69.9 cm³/mol. The molecule has 0 atom stereocenters. The second-order valence-electron chi connectivity index (χ2n) is 5.00. The van der Waals surface area contributed by atoms with E-state index in [1.165, 1.54) is 31.8 Å². The van der Waals surface area contributed by atoms with E-state index in [0.717, 1.165) is 19.5 Å². The van der Waals surface area contributed by atoms with Crippen LogP contribution in [0.15, 0.2) is 12.4 Å². The van der Waals surface area contributed by atoms with Crippen LogP contribution in [0.1, 0.15) is 32.0 Å². The Kier molecular flexibility index (Phi) is 4.57. The Balaban J connectivity index is 1.79. The van der Waals surface area contributed by atoms with Gasteiger partial charge in [0.25, 0.3) is 0 Å². The molecule has 1 saturated heterocycles. The molecule has 0 aliphatic carbocycles. The van der Waals surface area contributed by atoms with Crippen molar-refractivity contribution < 1.29 is 0 Å². The Hall–Kier alpha value is -0.870. The highest BCUT2D eigenvalue weighted by atomic mass is 15.1. The monoisotopic (exact) mass is 236 g/mol. The highest BCUT2D eigenvalue weighted by Crippen LogP contribution is 2.09. The highest BCUT2D eigenvalue weighted by molar-refractivity contribution is 4.92. The number of rotatable bonds is 5. The largest absolute Gasteiger partial charge is 0.334 e. The molecular formula is C13H24N4. The SMILES string of the molecule is CCCn1ccnc1CNC1CCN(C)CC1. The number of imidazole rings is 1. The molecule has 1 aromatic rings. The van der Waals surface area contributed by atoms with Crippen LogP contribution in [0, 0.1) is 0 Å². The summed E-state index contributed by atoms with van der Waals surface area (Å²) >= 11 is 0. The minimum absolute atomic E-state index is 0.665. The molecule has 0 aromatic carbocycles. The van der Waals surface area contributed by atoms with Gasteiger partial charge in [-0.05, 0) is 39.4 Å². The fraction of sp³-hybridized carbons (Fsp3) is 0.769. The lowest BCUT2D eigenvalue weighted by atomic mass is 10.1. The van der Waals surface area contributed by atoms with Crippen LogP contribution >= 0.6 is 0 Å². The zero-order valence-corrected chi connectivity index (χ0v) is 11.0. The summed E-state index contributed by atoms with van der Waals surface area (Å²) in [5.41, 5.74) is 0. The number of likely N-dealkylation sites (tertiary alicyclic amines) is 1. The van der Waals surface area contributed by atoms with Crippen LogP contribution < -0.4 is 5.32 Å². The summed E-state index contributed by atoms with van der Waals surface area (Å²) < 4.78 is 2.25. The lowest BCUT2D eigenvalue weighted by molar-refractivity contribution is 0.233. The molecule has 17 heavy (non-hydrogen) atoms. The quantitative estimate of drug-likeness (QED) is 0.840. The lowest BCUT2D eigenvalue weighted by Crippen LogP contribution is -2.40. The molecule has 1 N–H and O–H groups in total. The van der Waals surface area contributed by atoms with E-state index < -0.39 is 0 Å². The molecule has 0 bridgehead atoms. The first kappa shape index (κ1) is 12.6. The van der Waals surface area contributed by atoms with E-state index in [9.17, 15) is 0 Å². The van der Waals surface area contributed by atoms with Gasteiger partial charge in [0.15, 0.2) is 0 Å². The maximum absolute atomic E-state index is 4.42. The zero-order chi connectivity index (χ0) is 12.1. The maximum atomic E-state index is 4.42. The van der Waals surface area contributed by atoms with Gasteiger partial charge in [-0.2, -0.15) is 0 Å². The minimum atomic E-state index is 0.665. The molecule has 0 spiro atoms. The first-order chi connectivity index (χ1) is 8.29. The smallest absolute Gasteiger partial charge is 0.122 e. The van der Waals surface area contributed by atoms with Crippen LogP contribution in [0.3, 0.4) is 0 Å². The van der Waals surface area contributed by atoms with Crippen molar-refractivity contribution in [2.75, 3.05) is 20.1 Å². The van der Waals surface area contributed by atoms with Gasteiger partial charge in [0, 0.05) is 25.0 Å². The number of piperidine rings is 1. The van der Waals surface area contributed by atoms with E-state index in [2.05, 4.69) is 39.9 Å². The van der Waals surface area contributed by atoms with Crippen molar-refractivity contribution in [2.24, 2.45) is 0 Å². The fourth-order valence-electron chi connectivity index (χ4n) is 2.40. The Bertz CT molecular complexity index is 326. The van der Waals surface area contributed by atoms with Crippen molar-refractivity contribution in [3.8, 4) is 0 Å². The molecule has 2 rings (SSSR count). The van der Waals surface area contributed by atoms with Gasteiger partial charge in [0.1, 0.15) is 5.82 Å². The summed E-state index contributed by atoms with van der Waals surface area (Å²) in [6.45, 7) is 6.60. The predicted octanol–water partition coefficient (Wildman–Crippen LogP) is 1.48. The van der Waals surface area contributed by atoms with Gasteiger partial charge < -0.3 is 14.8 Å². The number of aryl methyl sites for hydroxylation is 1. The third kappa shape index (κ3) is 3.54. The molecule has 4 heteroatoms. The normalized spacial score (nSPS) is 18.7. The molecule has 0 amide bonds. The highest BCUT2D eigenvalue weighted by Gasteiger charge is 2.16. The summed E-state index contributed by atoms with van der Waals surface area (Å²) in [6.07, 6.45) is 7.66. The van der Waals surface area contributed by atoms with Gasteiger partial charge in [-0.1, -0.05) is 6.92 Å². The summed E-state index contributed by atoms with van der Waals surface area (Å²) in [6, 6.07) is 0.665. The van der Waals surface area contributed by atoms with Gasteiger partial charge >= 0.3 is 0 Å². The van der Waals surface area contributed by atoms with Crippen LogP contribution in [-0.2, 0) is 13.1 Å². The van der Waals surface area contributed by atoms with Gasteiger partial charge in [-0.3, -0.25) is 0 Å². The van der Waals surface area contributed by atoms with Crippen LogP contribution in [0.4, 0.5) is 0 Å². The van der Waals surface area contributed by atoms with Crippen molar-refractivity contribution in [1.82, 2.24) is 19.8 Å². The number of aromatic nitrogens is 2. The molecule has 1 aliphatic heterocycles. The van der Waals surface area contributed by atoms with Crippen LogP contribution in [0.25, 0.3) is 0 Å². The van der Waals surface area contributed by atoms with E-state index in [1.54, 1.807) is 0 Å². The molecule has 0 unspecified atom stereocenters. The number of nitrogens with one attached hydrogen (secondary N) is 1. The lowest BCUT2D eigenvalue weighted by Gasteiger charge is -2.29. The molecule has 2 heterocycles. The Morgan fingerprint density at radius 1 is 1.41 bits per heavy atom. The Morgan fingerprint density at radius 3 is 2.88 bits per heavy atom. The van der Waals surface area contributed by atoms with Gasteiger partial charge in [0.2, 0.25) is 0 Å². The van der Waals surface area contributed by atoms with Gasteiger partial charge in [0.05, 0.1) is 6.54 Å². The summed E-state index contributed by atoms with van der Waals surface area (Å²) in [5, 5.41) is 3.63. The van der Waals surface area contributed by atoms with E-state index in [0.29, 0.717) is 6.04 Å². The van der Waals surface area contributed by atoms with Crippen molar-refractivity contribution in [2.45, 2.75) is 45.3 Å². The molecule has 1 fully saturated rings. The van der Waals surface area contributed by atoms with Crippen LogP contribution in [0.5, 0.6) is 0 Å². The average Bonchev–Trinajstić information content (AvgIpc) is 2.77. The van der Waals surface area contributed by atoms with Crippen molar-refractivity contribution in [3.05, 3.63) is 18.2 Å². The van der Waals surface area contributed by atoms with E-state index in [-0.39, 0.29) is 0 Å². The second kappa shape index (κ2) is 6.17. The molecule has 0 radical (unpaired) electrons. The first-order valence-electron chi connectivity index (χ1n) is 6.71. The number of nitrogens with zero attached hydrogens (tertiary/aromatic N) is 3. The molecule has 0 saturated carbocycles. The molecule has 1 aromatic heterocycles. The average molecular weight is 236 g/mol. The van der Waals surface area contributed by atoms with Crippen molar-refractivity contribution in [3.63, 3.8) is 0 Å². The summed E-state index contributed by atoms with van der Waals surface area (Å²) in [7, 11) is 2.20. The minimum Gasteiger partial charge on any atom is -0.334 e. The number of hydrogen-bond donors (Lipinski definition) is 1. The van der Waals surface area contributed by atoms with E-state index >= 15 is 0 Å². The van der Waals surface area contributed by atoms with Crippen LogP contribution in [0.2, 0.25) is 0 Å². The van der Waals surface area contributed by atoms with Gasteiger partial charge in [-0.15, -0.1) is 0 Å². The third-order valence-electron chi connectivity index (χ3n) is 3.53. The zero-order valence-electron chi connectivity index (χ0n) is 11.0. The third-order valence-corrected chi connectivity index (χ3v) is 3.53. The molecule has 96 valence electrons. The topological polar surface area (TPSA) is 33.1 Å². The van der Waals surface area contributed by atoms with E-state index in [4.69, 9.17) is 0 Å². The second-order valence-corrected chi connectivity index (χ2v) is 5.00. The van der Waals surface area contributed by atoms with Crippen molar-refractivity contribution in [1.29, 1.82) is 0 Å². The van der Waals surface area contributed by atoms with Crippen molar-refractivity contribution >= 4 is 0 Å². The first-order valence-corrected chi connectivity index (χ1v) is 6.71. The Labute approximate surface area is 104 Å². The fourth-order valence-corrected chi connectivity index (χ4v) is 2.40. The number of hydrogen-bond acceptors (Lipinski definition) is 3. The summed E-state index contributed by atoms with van der Waals surface area (Å²) in [4.78, 5) is 6.82. The van der Waals surface area contributed by atoms with Crippen LogP contribution in [-0.4, -0.2) is 40.6 Å². The molecule has 4 nitrogen and oxygen atoms in total. The molecular weight excluding hydrogens is 212 g/mol. The maximum Gasteiger partial charge on any atom is 0.122 e. The standard InChI is InChI=1S/C13H24N4/c1-3-7-17-10-6-14-13(17)11-15-12-4-8-16(2)9-5-12/h6,10,12,15H,3-5,7-9,11H2,1-2H3.